The van der Waals surface area contributed by atoms with Gasteiger partial charge >= 0.3 is 6.03 Å². The molecule has 2 aromatic carbocycles. The molecular formula is C24H31N3O2S. The Kier molecular flexibility index (Phi) is 7.80. The van der Waals surface area contributed by atoms with Gasteiger partial charge in [-0.2, -0.15) is 0 Å². The molecule has 30 heavy (non-hydrogen) atoms. The van der Waals surface area contributed by atoms with Crippen molar-refractivity contribution >= 4 is 35.1 Å². The number of nitrogens with one attached hydrogen (secondary N) is 2. The van der Waals surface area contributed by atoms with E-state index in [0.29, 0.717) is 31.2 Å². The average Bonchev–Trinajstić information content (AvgIpc) is 2.76. The highest BCUT2D eigenvalue weighted by Crippen LogP contribution is 2.29. The molecule has 160 valence electrons. The minimum absolute atomic E-state index is 0.0450. The predicted molar refractivity (Wildman–Crippen MR) is 125 cm³/mol. The van der Waals surface area contributed by atoms with E-state index in [1.807, 2.05) is 55.1 Å². The van der Waals surface area contributed by atoms with Crippen molar-refractivity contribution in [3.05, 3.63) is 54.1 Å². The lowest BCUT2D eigenvalue weighted by Gasteiger charge is -2.31. The molecule has 0 aromatic heterocycles. The number of urea groups is 1. The second kappa shape index (κ2) is 10.5. The van der Waals surface area contributed by atoms with Gasteiger partial charge in [-0.25, -0.2) is 4.79 Å². The molecule has 1 fully saturated rings. The Labute approximate surface area is 183 Å². The van der Waals surface area contributed by atoms with Gasteiger partial charge in [0.1, 0.15) is 0 Å². The number of hydrogen-bond acceptors (Lipinski definition) is 3. The zero-order valence-electron chi connectivity index (χ0n) is 18.0. The molecule has 1 atom stereocenters. The Bertz CT molecular complexity index is 864. The van der Waals surface area contributed by atoms with Crippen LogP contribution in [0.4, 0.5) is 16.2 Å². The first-order valence-corrected chi connectivity index (χ1v) is 11.5. The Balaban J connectivity index is 1.50. The average molecular weight is 426 g/mol. The number of amides is 3. The number of thioether (sulfide) groups is 1. The number of piperidine rings is 1. The Morgan fingerprint density at radius 2 is 1.80 bits per heavy atom. The minimum atomic E-state index is -0.106. The Morgan fingerprint density at radius 1 is 1.10 bits per heavy atom. The van der Waals surface area contributed by atoms with E-state index in [4.69, 9.17) is 0 Å². The van der Waals surface area contributed by atoms with Crippen molar-refractivity contribution in [1.82, 2.24) is 4.90 Å². The maximum Gasteiger partial charge on any atom is 0.321 e. The fourth-order valence-corrected chi connectivity index (χ4v) is 4.49. The molecule has 1 saturated heterocycles. The van der Waals surface area contributed by atoms with Crippen LogP contribution >= 0.6 is 11.8 Å². The summed E-state index contributed by atoms with van der Waals surface area (Å²) < 4.78 is 0. The van der Waals surface area contributed by atoms with Crippen molar-refractivity contribution in [2.75, 3.05) is 23.7 Å². The molecule has 0 radical (unpaired) electrons. The number of aryl methyl sites for hydroxylation is 1. The van der Waals surface area contributed by atoms with Crippen molar-refractivity contribution in [3.8, 4) is 0 Å². The third kappa shape index (κ3) is 6.02. The molecule has 5 nitrogen and oxygen atoms in total. The standard InChI is InChI=1S/C24H31N3O2S/c1-4-18(3)30-21-10-11-22(17(2)16-21)26-23(28)19-12-14-27(15-13-19)24(29)25-20-8-6-5-7-9-20/h5-11,16,18-19H,4,12-15H2,1-3H3,(H,25,29)(H,26,28). The number of carbonyl (C=O) groups is 2. The van der Waals surface area contributed by atoms with Crippen LogP contribution in [0.3, 0.4) is 0 Å². The third-order valence-corrected chi connectivity index (χ3v) is 6.81. The highest BCUT2D eigenvalue weighted by atomic mass is 32.2. The van der Waals surface area contributed by atoms with E-state index in [-0.39, 0.29) is 17.9 Å². The monoisotopic (exact) mass is 425 g/mol. The third-order valence-electron chi connectivity index (χ3n) is 5.55. The molecule has 0 aliphatic carbocycles. The van der Waals surface area contributed by atoms with Crippen LogP contribution in [0.1, 0.15) is 38.7 Å². The first-order valence-electron chi connectivity index (χ1n) is 10.7. The van der Waals surface area contributed by atoms with Crippen LogP contribution in [0, 0.1) is 12.8 Å². The molecule has 1 unspecified atom stereocenters. The van der Waals surface area contributed by atoms with Gasteiger partial charge in [-0.05, 0) is 62.1 Å². The van der Waals surface area contributed by atoms with Crippen molar-refractivity contribution in [2.24, 2.45) is 5.92 Å². The summed E-state index contributed by atoms with van der Waals surface area (Å²) in [5.74, 6) is -0.0251. The summed E-state index contributed by atoms with van der Waals surface area (Å²) >= 11 is 1.86. The van der Waals surface area contributed by atoms with Crippen LogP contribution in [0.25, 0.3) is 0 Å². The zero-order chi connectivity index (χ0) is 21.5. The largest absolute Gasteiger partial charge is 0.326 e. The first-order chi connectivity index (χ1) is 14.5. The number of para-hydroxylation sites is 1. The van der Waals surface area contributed by atoms with Crippen molar-refractivity contribution < 1.29 is 9.59 Å². The normalized spacial score (nSPS) is 15.5. The molecule has 6 heteroatoms. The summed E-state index contributed by atoms with van der Waals surface area (Å²) in [6.07, 6.45) is 2.48. The Hall–Kier alpha value is -2.47. The van der Waals surface area contributed by atoms with Crippen LogP contribution < -0.4 is 10.6 Å². The van der Waals surface area contributed by atoms with Crippen LogP contribution in [0.5, 0.6) is 0 Å². The lowest BCUT2D eigenvalue weighted by atomic mass is 9.96. The van der Waals surface area contributed by atoms with Crippen LogP contribution in [0.2, 0.25) is 0 Å². The van der Waals surface area contributed by atoms with E-state index in [1.54, 1.807) is 4.90 Å². The molecule has 2 N–H and O–H groups in total. The van der Waals surface area contributed by atoms with E-state index < -0.39 is 0 Å². The summed E-state index contributed by atoms with van der Waals surface area (Å²) in [6, 6.07) is 15.6. The topological polar surface area (TPSA) is 61.4 Å². The van der Waals surface area contributed by atoms with Gasteiger partial charge in [0, 0.05) is 40.5 Å². The lowest BCUT2D eigenvalue weighted by molar-refractivity contribution is -0.121. The predicted octanol–water partition coefficient (Wildman–Crippen LogP) is 5.77. The highest BCUT2D eigenvalue weighted by Gasteiger charge is 2.27. The van der Waals surface area contributed by atoms with Crippen molar-refractivity contribution in [1.29, 1.82) is 0 Å². The summed E-state index contributed by atoms with van der Waals surface area (Å²) in [5, 5.41) is 6.58. The van der Waals surface area contributed by atoms with Crippen molar-refractivity contribution in [3.63, 3.8) is 0 Å². The van der Waals surface area contributed by atoms with E-state index in [9.17, 15) is 9.59 Å². The number of rotatable bonds is 6. The molecule has 1 aliphatic heterocycles. The van der Waals surface area contributed by atoms with Gasteiger partial charge in [-0.15, -0.1) is 11.8 Å². The number of likely N-dealkylation sites (tertiary alicyclic amines) is 1. The lowest BCUT2D eigenvalue weighted by Crippen LogP contribution is -2.43. The van der Waals surface area contributed by atoms with Gasteiger partial charge in [-0.1, -0.05) is 32.0 Å². The number of hydrogen-bond donors (Lipinski definition) is 2. The summed E-state index contributed by atoms with van der Waals surface area (Å²) in [6.45, 7) is 7.62. The summed E-state index contributed by atoms with van der Waals surface area (Å²) in [4.78, 5) is 28.2. The van der Waals surface area contributed by atoms with E-state index in [0.717, 1.165) is 23.4 Å². The quantitative estimate of drug-likeness (QED) is 0.578. The van der Waals surface area contributed by atoms with Gasteiger partial charge in [0.15, 0.2) is 0 Å². The van der Waals surface area contributed by atoms with E-state index in [1.165, 1.54) is 4.90 Å². The maximum absolute atomic E-state index is 12.8. The fourth-order valence-electron chi connectivity index (χ4n) is 3.47. The smallest absolute Gasteiger partial charge is 0.321 e. The van der Waals surface area contributed by atoms with Gasteiger partial charge < -0.3 is 15.5 Å². The van der Waals surface area contributed by atoms with Gasteiger partial charge in [0.05, 0.1) is 0 Å². The molecule has 1 aliphatic rings. The second-order valence-electron chi connectivity index (χ2n) is 7.86. The summed E-state index contributed by atoms with van der Waals surface area (Å²) in [7, 11) is 0. The Morgan fingerprint density at radius 3 is 2.43 bits per heavy atom. The second-order valence-corrected chi connectivity index (χ2v) is 9.37. The maximum atomic E-state index is 12.8. The molecule has 3 amide bonds. The minimum Gasteiger partial charge on any atom is -0.326 e. The van der Waals surface area contributed by atoms with Gasteiger partial charge in [0.25, 0.3) is 0 Å². The fraction of sp³-hybridized carbons (Fsp3) is 0.417. The van der Waals surface area contributed by atoms with Gasteiger partial charge in [0.2, 0.25) is 5.91 Å². The molecule has 1 heterocycles. The van der Waals surface area contributed by atoms with Gasteiger partial charge in [-0.3, -0.25) is 4.79 Å². The SMILES string of the molecule is CCC(C)Sc1ccc(NC(=O)C2CCN(C(=O)Nc3ccccc3)CC2)c(C)c1. The number of anilines is 2. The van der Waals surface area contributed by atoms with E-state index >= 15 is 0 Å². The number of benzene rings is 2. The molecule has 0 saturated carbocycles. The van der Waals surface area contributed by atoms with Crippen LogP contribution in [0.15, 0.2) is 53.4 Å². The van der Waals surface area contributed by atoms with Crippen LogP contribution in [-0.4, -0.2) is 35.2 Å². The first kappa shape index (κ1) is 22.2. The molecule has 2 aromatic rings. The number of carbonyl (C=O) groups excluding carboxylic acids is 2. The molecule has 0 bridgehead atoms. The highest BCUT2D eigenvalue weighted by molar-refractivity contribution is 7.99. The molecule has 3 rings (SSSR count). The van der Waals surface area contributed by atoms with Crippen LogP contribution in [-0.2, 0) is 4.79 Å². The zero-order valence-corrected chi connectivity index (χ0v) is 18.8. The molecular weight excluding hydrogens is 394 g/mol. The summed E-state index contributed by atoms with van der Waals surface area (Å²) in [5.41, 5.74) is 2.74. The number of nitrogens with zero attached hydrogens (tertiary/aromatic N) is 1. The van der Waals surface area contributed by atoms with Crippen molar-refractivity contribution in [2.45, 2.75) is 50.2 Å². The molecule has 0 spiro atoms. The van der Waals surface area contributed by atoms with E-state index in [2.05, 4.69) is 36.6 Å².